The highest BCUT2D eigenvalue weighted by Crippen LogP contribution is 2.32. The standard InChI is InChI=1S/C15H25NO4/c17-9-13-4-2-1-3-12(13)8-16-14(18)10-5-6-11(7-10)15(19)20/h10-13,17H,1-9H2,(H,16,18)(H,19,20). The lowest BCUT2D eigenvalue weighted by Crippen LogP contribution is -2.38. The molecule has 114 valence electrons. The molecule has 2 aliphatic carbocycles. The molecule has 2 fully saturated rings. The van der Waals surface area contributed by atoms with Crippen molar-refractivity contribution >= 4 is 11.9 Å². The molecule has 0 aromatic heterocycles. The highest BCUT2D eigenvalue weighted by Gasteiger charge is 2.34. The van der Waals surface area contributed by atoms with Crippen molar-refractivity contribution in [1.29, 1.82) is 0 Å². The zero-order chi connectivity index (χ0) is 14.5. The van der Waals surface area contributed by atoms with Crippen LogP contribution in [0.1, 0.15) is 44.9 Å². The van der Waals surface area contributed by atoms with E-state index in [1.165, 1.54) is 12.8 Å². The summed E-state index contributed by atoms with van der Waals surface area (Å²) in [7, 11) is 0. The highest BCUT2D eigenvalue weighted by molar-refractivity contribution is 5.80. The van der Waals surface area contributed by atoms with E-state index >= 15 is 0 Å². The predicted octanol–water partition coefficient (Wildman–Crippen LogP) is 1.40. The van der Waals surface area contributed by atoms with Gasteiger partial charge in [-0.05, 0) is 43.9 Å². The summed E-state index contributed by atoms with van der Waals surface area (Å²) in [4.78, 5) is 23.0. The predicted molar refractivity (Wildman–Crippen MR) is 74.0 cm³/mol. The molecule has 0 radical (unpaired) electrons. The van der Waals surface area contributed by atoms with Gasteiger partial charge in [0.15, 0.2) is 0 Å². The summed E-state index contributed by atoms with van der Waals surface area (Å²) in [5.74, 6) is -0.615. The average molecular weight is 283 g/mol. The maximum atomic E-state index is 12.1. The summed E-state index contributed by atoms with van der Waals surface area (Å²) < 4.78 is 0. The van der Waals surface area contributed by atoms with E-state index in [2.05, 4.69) is 5.32 Å². The molecule has 2 rings (SSSR count). The molecule has 0 aromatic carbocycles. The summed E-state index contributed by atoms with van der Waals surface area (Å²) in [6.07, 6.45) is 6.19. The Bertz CT molecular complexity index is 358. The molecule has 4 atom stereocenters. The van der Waals surface area contributed by atoms with Gasteiger partial charge in [0, 0.05) is 19.1 Å². The Hall–Kier alpha value is -1.10. The van der Waals surface area contributed by atoms with Gasteiger partial charge in [0.05, 0.1) is 5.92 Å². The molecule has 0 aromatic rings. The van der Waals surface area contributed by atoms with Crippen LogP contribution >= 0.6 is 0 Å². The molecule has 20 heavy (non-hydrogen) atoms. The van der Waals surface area contributed by atoms with Crippen molar-refractivity contribution in [2.24, 2.45) is 23.7 Å². The number of hydrogen-bond acceptors (Lipinski definition) is 3. The van der Waals surface area contributed by atoms with Gasteiger partial charge in [-0.2, -0.15) is 0 Å². The molecule has 0 bridgehead atoms. The van der Waals surface area contributed by atoms with Crippen molar-refractivity contribution in [3.8, 4) is 0 Å². The SMILES string of the molecule is O=C(O)C1CCC(C(=O)NCC2CCCCC2CO)C1. The normalized spacial score (nSPS) is 33.9. The number of carbonyl (C=O) groups is 2. The molecule has 2 aliphatic rings. The summed E-state index contributed by atoms with van der Waals surface area (Å²) in [5.41, 5.74) is 0. The van der Waals surface area contributed by atoms with E-state index in [-0.39, 0.29) is 24.3 Å². The average Bonchev–Trinajstić information content (AvgIpc) is 2.95. The van der Waals surface area contributed by atoms with Crippen LogP contribution < -0.4 is 5.32 Å². The van der Waals surface area contributed by atoms with Crippen molar-refractivity contribution in [3.63, 3.8) is 0 Å². The summed E-state index contributed by atoms with van der Waals surface area (Å²) in [6, 6.07) is 0. The first-order chi connectivity index (χ1) is 9.61. The van der Waals surface area contributed by atoms with Crippen LogP contribution in [0.4, 0.5) is 0 Å². The molecule has 0 saturated heterocycles. The summed E-state index contributed by atoms with van der Waals surface area (Å²) in [6.45, 7) is 0.823. The minimum Gasteiger partial charge on any atom is -0.481 e. The first kappa shape index (κ1) is 15.3. The topological polar surface area (TPSA) is 86.6 Å². The van der Waals surface area contributed by atoms with Crippen molar-refractivity contribution in [3.05, 3.63) is 0 Å². The molecule has 0 spiro atoms. The van der Waals surface area contributed by atoms with Crippen LogP contribution in [-0.2, 0) is 9.59 Å². The number of hydrogen-bond donors (Lipinski definition) is 3. The number of rotatable bonds is 5. The fourth-order valence-corrected chi connectivity index (χ4v) is 3.61. The lowest BCUT2D eigenvalue weighted by atomic mass is 9.79. The number of carboxylic acids is 1. The van der Waals surface area contributed by atoms with E-state index in [9.17, 15) is 14.7 Å². The zero-order valence-corrected chi connectivity index (χ0v) is 11.9. The van der Waals surface area contributed by atoms with Crippen LogP contribution in [0, 0.1) is 23.7 Å². The fourth-order valence-electron chi connectivity index (χ4n) is 3.61. The van der Waals surface area contributed by atoms with E-state index in [1.54, 1.807) is 0 Å². The van der Waals surface area contributed by atoms with Gasteiger partial charge in [0.1, 0.15) is 0 Å². The van der Waals surface area contributed by atoms with Gasteiger partial charge in [-0.25, -0.2) is 0 Å². The summed E-state index contributed by atoms with van der Waals surface area (Å²) >= 11 is 0. The Morgan fingerprint density at radius 3 is 2.25 bits per heavy atom. The number of amides is 1. The number of nitrogens with one attached hydrogen (secondary N) is 1. The molecule has 5 heteroatoms. The van der Waals surface area contributed by atoms with Gasteiger partial charge < -0.3 is 15.5 Å². The van der Waals surface area contributed by atoms with Crippen LogP contribution in [-0.4, -0.2) is 35.2 Å². The lowest BCUT2D eigenvalue weighted by Gasteiger charge is -2.30. The van der Waals surface area contributed by atoms with E-state index in [0.717, 1.165) is 12.8 Å². The molecule has 5 nitrogen and oxygen atoms in total. The van der Waals surface area contributed by atoms with Crippen LogP contribution in [0.3, 0.4) is 0 Å². The fraction of sp³-hybridized carbons (Fsp3) is 0.867. The lowest BCUT2D eigenvalue weighted by molar-refractivity contribution is -0.141. The van der Waals surface area contributed by atoms with E-state index in [4.69, 9.17) is 5.11 Å². The number of aliphatic carboxylic acids is 1. The van der Waals surface area contributed by atoms with Crippen LogP contribution in [0.25, 0.3) is 0 Å². The second-order valence-corrected chi connectivity index (χ2v) is 6.28. The summed E-state index contributed by atoms with van der Waals surface area (Å²) in [5, 5.41) is 21.3. The van der Waals surface area contributed by atoms with Gasteiger partial charge in [-0.15, -0.1) is 0 Å². The Kier molecular flexibility index (Phi) is 5.40. The minimum atomic E-state index is -0.784. The number of carbonyl (C=O) groups excluding carboxylic acids is 1. The second-order valence-electron chi connectivity index (χ2n) is 6.28. The third-order valence-corrected chi connectivity index (χ3v) is 4.99. The van der Waals surface area contributed by atoms with Gasteiger partial charge in [0.2, 0.25) is 5.91 Å². The Morgan fingerprint density at radius 2 is 1.65 bits per heavy atom. The molecule has 3 N–H and O–H groups in total. The van der Waals surface area contributed by atoms with Crippen molar-refractivity contribution in [1.82, 2.24) is 5.32 Å². The molecule has 4 unspecified atom stereocenters. The molecule has 0 aliphatic heterocycles. The molecule has 1 amide bonds. The first-order valence-corrected chi connectivity index (χ1v) is 7.73. The minimum absolute atomic E-state index is 0.00369. The van der Waals surface area contributed by atoms with Gasteiger partial charge in [0.25, 0.3) is 0 Å². The van der Waals surface area contributed by atoms with Gasteiger partial charge in [-0.3, -0.25) is 9.59 Å². The van der Waals surface area contributed by atoms with E-state index in [0.29, 0.717) is 37.6 Å². The zero-order valence-electron chi connectivity index (χ0n) is 11.9. The van der Waals surface area contributed by atoms with Crippen molar-refractivity contribution < 1.29 is 19.8 Å². The first-order valence-electron chi connectivity index (χ1n) is 7.73. The highest BCUT2D eigenvalue weighted by atomic mass is 16.4. The monoisotopic (exact) mass is 283 g/mol. The number of aliphatic hydroxyl groups excluding tert-OH is 1. The largest absolute Gasteiger partial charge is 0.481 e. The van der Waals surface area contributed by atoms with Crippen LogP contribution in [0.5, 0.6) is 0 Å². The number of aliphatic hydroxyl groups is 1. The second kappa shape index (κ2) is 7.07. The van der Waals surface area contributed by atoms with Gasteiger partial charge >= 0.3 is 5.97 Å². The Labute approximate surface area is 119 Å². The third-order valence-electron chi connectivity index (χ3n) is 4.99. The maximum Gasteiger partial charge on any atom is 0.306 e. The molecular formula is C15H25NO4. The van der Waals surface area contributed by atoms with E-state index in [1.807, 2.05) is 0 Å². The third kappa shape index (κ3) is 3.72. The molecule has 0 heterocycles. The van der Waals surface area contributed by atoms with Crippen molar-refractivity contribution in [2.75, 3.05) is 13.2 Å². The molecule has 2 saturated carbocycles. The van der Waals surface area contributed by atoms with Crippen LogP contribution in [0.15, 0.2) is 0 Å². The van der Waals surface area contributed by atoms with E-state index < -0.39 is 5.97 Å². The van der Waals surface area contributed by atoms with Gasteiger partial charge in [-0.1, -0.05) is 12.8 Å². The quantitative estimate of drug-likeness (QED) is 0.712. The maximum absolute atomic E-state index is 12.1. The van der Waals surface area contributed by atoms with Crippen molar-refractivity contribution in [2.45, 2.75) is 44.9 Å². The smallest absolute Gasteiger partial charge is 0.306 e. The van der Waals surface area contributed by atoms with Crippen LogP contribution in [0.2, 0.25) is 0 Å². The Morgan fingerprint density at radius 1 is 1.00 bits per heavy atom. The Balaban J connectivity index is 1.76. The molecular weight excluding hydrogens is 258 g/mol. The number of carboxylic acid groups (broad SMARTS) is 1.